The van der Waals surface area contributed by atoms with Crippen LogP contribution in [0.4, 0.5) is 0 Å². The van der Waals surface area contributed by atoms with Gasteiger partial charge in [0.05, 0.1) is 0 Å². The summed E-state index contributed by atoms with van der Waals surface area (Å²) < 4.78 is 0. The van der Waals surface area contributed by atoms with Gasteiger partial charge in [-0.05, 0) is 31.8 Å². The van der Waals surface area contributed by atoms with Gasteiger partial charge in [0.2, 0.25) is 11.8 Å². The van der Waals surface area contributed by atoms with Gasteiger partial charge in [-0.25, -0.2) is 0 Å². The zero-order valence-electron chi connectivity index (χ0n) is 10.9. The molecule has 4 N–H and O–H groups in total. The van der Waals surface area contributed by atoms with Crippen LogP contribution >= 0.6 is 0 Å². The molecule has 1 aliphatic rings. The number of nitrogens with two attached hydrogens (primary N) is 1. The minimum Gasteiger partial charge on any atom is -0.368 e. The van der Waals surface area contributed by atoms with Crippen molar-refractivity contribution < 1.29 is 9.59 Å². The van der Waals surface area contributed by atoms with Crippen molar-refractivity contribution in [2.45, 2.75) is 39.2 Å². The predicted molar refractivity (Wildman–Crippen MR) is 66.2 cm³/mol. The van der Waals surface area contributed by atoms with Gasteiger partial charge < -0.3 is 16.4 Å². The van der Waals surface area contributed by atoms with Gasteiger partial charge in [-0.3, -0.25) is 9.59 Å². The molecule has 1 aliphatic heterocycles. The fourth-order valence-corrected chi connectivity index (χ4v) is 2.07. The Kier molecular flexibility index (Phi) is 4.51. The van der Waals surface area contributed by atoms with E-state index in [0.29, 0.717) is 18.8 Å². The lowest BCUT2D eigenvalue weighted by Crippen LogP contribution is -2.59. The summed E-state index contributed by atoms with van der Waals surface area (Å²) in [6, 6.07) is 0. The van der Waals surface area contributed by atoms with Gasteiger partial charge in [-0.1, -0.05) is 20.8 Å². The van der Waals surface area contributed by atoms with Crippen molar-refractivity contribution in [2.24, 2.45) is 17.6 Å². The summed E-state index contributed by atoms with van der Waals surface area (Å²) in [5.74, 6) is -0.226. The van der Waals surface area contributed by atoms with Crippen molar-refractivity contribution in [3.63, 3.8) is 0 Å². The molecule has 0 saturated carbocycles. The topological polar surface area (TPSA) is 84.2 Å². The highest BCUT2D eigenvalue weighted by Crippen LogP contribution is 2.20. The molecule has 0 aromatic carbocycles. The highest BCUT2D eigenvalue weighted by atomic mass is 16.2. The number of nitrogens with one attached hydrogen (secondary N) is 2. The van der Waals surface area contributed by atoms with Crippen LogP contribution in [0.1, 0.15) is 33.6 Å². The van der Waals surface area contributed by atoms with Gasteiger partial charge in [0, 0.05) is 5.92 Å². The summed E-state index contributed by atoms with van der Waals surface area (Å²) >= 11 is 0. The predicted octanol–water partition coefficient (Wildman–Crippen LogP) is 0.00220. The van der Waals surface area contributed by atoms with Crippen LogP contribution in [0.25, 0.3) is 0 Å². The molecule has 1 rings (SSSR count). The van der Waals surface area contributed by atoms with E-state index in [1.165, 1.54) is 0 Å². The molecule has 0 aromatic rings. The minimum absolute atomic E-state index is 0.0704. The standard InChI is InChI=1S/C12H23N3O2/c1-4-12(5-2,11(13)17)15-10(16)8(3)9-6-14-7-9/h8-9,14H,4-7H2,1-3H3,(H2,13,17)(H,15,16). The second-order valence-electron chi connectivity index (χ2n) is 4.85. The van der Waals surface area contributed by atoms with Crippen molar-refractivity contribution >= 4 is 11.8 Å². The first-order valence-electron chi connectivity index (χ1n) is 6.29. The van der Waals surface area contributed by atoms with Crippen molar-refractivity contribution in [1.82, 2.24) is 10.6 Å². The van der Waals surface area contributed by atoms with Crippen LogP contribution in [0.15, 0.2) is 0 Å². The second kappa shape index (κ2) is 5.49. The molecule has 1 atom stereocenters. The number of rotatable bonds is 6. The number of carbonyl (C=O) groups is 2. The van der Waals surface area contributed by atoms with Crippen molar-refractivity contribution in [3.05, 3.63) is 0 Å². The SMILES string of the molecule is CCC(CC)(NC(=O)C(C)C1CNC1)C(N)=O. The molecular formula is C12H23N3O2. The van der Waals surface area contributed by atoms with Crippen LogP contribution in [0.2, 0.25) is 0 Å². The first-order chi connectivity index (χ1) is 7.96. The summed E-state index contributed by atoms with van der Waals surface area (Å²) in [5.41, 5.74) is 4.51. The smallest absolute Gasteiger partial charge is 0.243 e. The molecule has 5 nitrogen and oxygen atoms in total. The van der Waals surface area contributed by atoms with Crippen molar-refractivity contribution in [3.8, 4) is 0 Å². The Morgan fingerprint density at radius 3 is 2.24 bits per heavy atom. The van der Waals surface area contributed by atoms with Crippen LogP contribution in [0.5, 0.6) is 0 Å². The molecule has 0 radical (unpaired) electrons. The largest absolute Gasteiger partial charge is 0.368 e. The molecule has 98 valence electrons. The van der Waals surface area contributed by atoms with Gasteiger partial charge in [-0.2, -0.15) is 0 Å². The number of hydrogen-bond acceptors (Lipinski definition) is 3. The van der Waals surface area contributed by atoms with Crippen molar-refractivity contribution in [1.29, 1.82) is 0 Å². The molecular weight excluding hydrogens is 218 g/mol. The fraction of sp³-hybridized carbons (Fsp3) is 0.833. The quantitative estimate of drug-likeness (QED) is 0.612. The van der Waals surface area contributed by atoms with E-state index >= 15 is 0 Å². The maximum Gasteiger partial charge on any atom is 0.243 e. The third-order valence-corrected chi connectivity index (χ3v) is 3.97. The molecule has 17 heavy (non-hydrogen) atoms. The third kappa shape index (κ3) is 2.77. The van der Waals surface area contributed by atoms with E-state index in [0.717, 1.165) is 13.1 Å². The van der Waals surface area contributed by atoms with E-state index in [1.54, 1.807) is 0 Å². The lowest BCUT2D eigenvalue weighted by molar-refractivity contribution is -0.135. The molecule has 1 fully saturated rings. The Morgan fingerprint density at radius 2 is 1.94 bits per heavy atom. The van der Waals surface area contributed by atoms with E-state index < -0.39 is 11.4 Å². The number of carbonyl (C=O) groups excluding carboxylic acids is 2. The number of hydrogen-bond donors (Lipinski definition) is 3. The Morgan fingerprint density at radius 1 is 1.41 bits per heavy atom. The lowest BCUT2D eigenvalue weighted by atomic mass is 9.86. The van der Waals surface area contributed by atoms with Crippen LogP contribution in [0.3, 0.4) is 0 Å². The summed E-state index contributed by atoms with van der Waals surface area (Å²) in [7, 11) is 0. The normalized spacial score (nSPS) is 18.3. The van der Waals surface area contributed by atoms with E-state index in [-0.39, 0.29) is 11.8 Å². The molecule has 2 amide bonds. The summed E-state index contributed by atoms with van der Waals surface area (Å²) in [4.78, 5) is 23.6. The Balaban J connectivity index is 2.66. The average Bonchev–Trinajstić information content (AvgIpc) is 2.22. The fourth-order valence-electron chi connectivity index (χ4n) is 2.07. The Hall–Kier alpha value is -1.10. The number of amides is 2. The van der Waals surface area contributed by atoms with E-state index in [9.17, 15) is 9.59 Å². The molecule has 0 aliphatic carbocycles. The van der Waals surface area contributed by atoms with Gasteiger partial charge in [0.15, 0.2) is 0 Å². The zero-order valence-corrected chi connectivity index (χ0v) is 10.9. The minimum atomic E-state index is -0.886. The maximum atomic E-state index is 12.1. The van der Waals surface area contributed by atoms with Crippen LogP contribution in [0, 0.1) is 11.8 Å². The monoisotopic (exact) mass is 241 g/mol. The maximum absolute atomic E-state index is 12.1. The molecule has 5 heteroatoms. The van der Waals surface area contributed by atoms with Crippen LogP contribution < -0.4 is 16.4 Å². The van der Waals surface area contributed by atoms with Crippen molar-refractivity contribution in [2.75, 3.05) is 13.1 Å². The second-order valence-corrected chi connectivity index (χ2v) is 4.85. The molecule has 1 unspecified atom stereocenters. The Bertz CT molecular complexity index is 296. The van der Waals surface area contributed by atoms with Gasteiger partial charge in [-0.15, -0.1) is 0 Å². The van der Waals surface area contributed by atoms with Crippen LogP contribution in [-0.2, 0) is 9.59 Å². The van der Waals surface area contributed by atoms with E-state index in [1.807, 2.05) is 20.8 Å². The van der Waals surface area contributed by atoms with Gasteiger partial charge >= 0.3 is 0 Å². The zero-order chi connectivity index (χ0) is 13.1. The summed E-state index contributed by atoms with van der Waals surface area (Å²) in [6.45, 7) is 7.37. The first kappa shape index (κ1) is 14.0. The van der Waals surface area contributed by atoms with Gasteiger partial charge in [0.1, 0.15) is 5.54 Å². The first-order valence-corrected chi connectivity index (χ1v) is 6.29. The van der Waals surface area contributed by atoms with E-state index in [4.69, 9.17) is 5.73 Å². The average molecular weight is 241 g/mol. The number of primary amides is 1. The molecule has 1 heterocycles. The molecule has 0 aromatic heterocycles. The summed E-state index contributed by atoms with van der Waals surface area (Å²) in [6.07, 6.45) is 1.06. The molecule has 0 spiro atoms. The van der Waals surface area contributed by atoms with E-state index in [2.05, 4.69) is 10.6 Å². The summed E-state index contributed by atoms with van der Waals surface area (Å²) in [5, 5.41) is 5.98. The lowest BCUT2D eigenvalue weighted by Gasteiger charge is -2.35. The Labute approximate surface area is 103 Å². The molecule has 1 saturated heterocycles. The van der Waals surface area contributed by atoms with Gasteiger partial charge in [0.25, 0.3) is 0 Å². The highest BCUT2D eigenvalue weighted by Gasteiger charge is 2.37. The van der Waals surface area contributed by atoms with Crippen LogP contribution in [-0.4, -0.2) is 30.4 Å². The highest BCUT2D eigenvalue weighted by molar-refractivity contribution is 5.91. The molecule has 0 bridgehead atoms. The third-order valence-electron chi connectivity index (χ3n) is 3.97.